The monoisotopic (exact) mass is 433 g/mol. The van der Waals surface area contributed by atoms with Gasteiger partial charge in [0.1, 0.15) is 5.76 Å². The Kier molecular flexibility index (Phi) is 6.32. The number of rotatable bonds is 5. The molecule has 0 spiro atoms. The maximum atomic E-state index is 13.3. The molecule has 0 aliphatic carbocycles. The first kappa shape index (κ1) is 21.7. The van der Waals surface area contributed by atoms with E-state index in [2.05, 4.69) is 20.4 Å². The van der Waals surface area contributed by atoms with Gasteiger partial charge in [0.25, 0.3) is 11.8 Å². The van der Waals surface area contributed by atoms with Gasteiger partial charge in [-0.3, -0.25) is 19.5 Å². The fourth-order valence-corrected chi connectivity index (χ4v) is 3.93. The molecule has 1 aromatic carbocycles. The molecular weight excluding hydrogens is 406 g/mol. The zero-order valence-electron chi connectivity index (χ0n) is 18.6. The van der Waals surface area contributed by atoms with Gasteiger partial charge in [0.05, 0.1) is 16.9 Å². The van der Waals surface area contributed by atoms with Gasteiger partial charge in [0.15, 0.2) is 0 Å². The number of piperazine rings is 1. The standard InChI is InChI=1S/C24H27N5O3/c1-16-5-4-6-20(22(16)26-23(30)19-7-9-25-10-8-19)24(31)29-13-11-28(12-14-29)15-21-17(2)27-32-18(21)3/h4-10H,11-15H2,1-3H3,(H,26,30). The number of anilines is 1. The first-order chi connectivity index (χ1) is 15.4. The number of carbonyl (C=O) groups is 2. The molecule has 0 atom stereocenters. The molecular formula is C24H27N5O3. The fourth-order valence-electron chi connectivity index (χ4n) is 3.93. The molecule has 2 aromatic heterocycles. The first-order valence-corrected chi connectivity index (χ1v) is 10.7. The molecule has 1 saturated heterocycles. The van der Waals surface area contributed by atoms with Crippen molar-refractivity contribution in [3.05, 3.63) is 76.4 Å². The summed E-state index contributed by atoms with van der Waals surface area (Å²) in [7, 11) is 0. The number of carbonyl (C=O) groups excluding carboxylic acids is 2. The van der Waals surface area contributed by atoms with Crippen molar-refractivity contribution in [2.45, 2.75) is 27.3 Å². The Hall–Kier alpha value is -3.52. The number of amides is 2. The van der Waals surface area contributed by atoms with Gasteiger partial charge in [-0.05, 0) is 44.5 Å². The molecule has 8 nitrogen and oxygen atoms in total. The lowest BCUT2D eigenvalue weighted by Crippen LogP contribution is -2.48. The summed E-state index contributed by atoms with van der Waals surface area (Å²) in [6.45, 7) is 9.30. The summed E-state index contributed by atoms with van der Waals surface area (Å²) in [5, 5.41) is 6.95. The Balaban J connectivity index is 1.45. The summed E-state index contributed by atoms with van der Waals surface area (Å²) in [6.07, 6.45) is 3.14. The van der Waals surface area contributed by atoms with Gasteiger partial charge in [0, 0.05) is 56.2 Å². The van der Waals surface area contributed by atoms with Gasteiger partial charge < -0.3 is 14.7 Å². The molecule has 0 saturated carbocycles. The summed E-state index contributed by atoms with van der Waals surface area (Å²) < 4.78 is 5.26. The lowest BCUT2D eigenvalue weighted by Gasteiger charge is -2.35. The highest BCUT2D eigenvalue weighted by Gasteiger charge is 2.26. The number of hydrogen-bond donors (Lipinski definition) is 1. The molecule has 1 N–H and O–H groups in total. The van der Waals surface area contributed by atoms with Crippen LogP contribution in [0.15, 0.2) is 47.2 Å². The van der Waals surface area contributed by atoms with E-state index in [4.69, 9.17) is 4.52 Å². The number of aryl methyl sites for hydroxylation is 3. The van der Waals surface area contributed by atoms with Gasteiger partial charge in [-0.1, -0.05) is 17.3 Å². The van der Waals surface area contributed by atoms with Crippen LogP contribution >= 0.6 is 0 Å². The first-order valence-electron chi connectivity index (χ1n) is 10.7. The molecule has 4 rings (SSSR count). The minimum absolute atomic E-state index is 0.0734. The van der Waals surface area contributed by atoms with E-state index < -0.39 is 0 Å². The van der Waals surface area contributed by atoms with Crippen molar-refractivity contribution in [3.8, 4) is 0 Å². The lowest BCUT2D eigenvalue weighted by atomic mass is 10.1. The van der Waals surface area contributed by atoms with Crippen molar-refractivity contribution in [2.75, 3.05) is 31.5 Å². The van der Waals surface area contributed by atoms with Crippen LogP contribution in [0.3, 0.4) is 0 Å². The number of benzene rings is 1. The van der Waals surface area contributed by atoms with E-state index in [1.165, 1.54) is 0 Å². The highest BCUT2D eigenvalue weighted by molar-refractivity contribution is 6.09. The fraction of sp³-hybridized carbons (Fsp3) is 0.333. The topological polar surface area (TPSA) is 91.6 Å². The van der Waals surface area contributed by atoms with E-state index >= 15 is 0 Å². The van der Waals surface area contributed by atoms with Crippen LogP contribution in [0.1, 0.15) is 43.3 Å². The van der Waals surface area contributed by atoms with E-state index in [0.717, 1.165) is 42.2 Å². The SMILES string of the molecule is Cc1cccc(C(=O)N2CCN(Cc3c(C)noc3C)CC2)c1NC(=O)c1ccncc1. The number of nitrogens with one attached hydrogen (secondary N) is 1. The van der Waals surface area contributed by atoms with Crippen LogP contribution < -0.4 is 5.32 Å². The number of nitrogens with zero attached hydrogens (tertiary/aromatic N) is 4. The summed E-state index contributed by atoms with van der Waals surface area (Å²) in [4.78, 5) is 34.1. The Morgan fingerprint density at radius 2 is 1.75 bits per heavy atom. The quantitative estimate of drug-likeness (QED) is 0.664. The molecule has 3 aromatic rings. The van der Waals surface area contributed by atoms with Crippen LogP contribution in [0, 0.1) is 20.8 Å². The third-order valence-corrected chi connectivity index (χ3v) is 5.91. The van der Waals surface area contributed by atoms with Crippen LogP contribution in [0.4, 0.5) is 5.69 Å². The van der Waals surface area contributed by atoms with E-state index in [1.807, 2.05) is 37.8 Å². The molecule has 8 heteroatoms. The average molecular weight is 434 g/mol. The molecule has 32 heavy (non-hydrogen) atoms. The molecule has 1 aliphatic heterocycles. The van der Waals surface area contributed by atoms with Crippen molar-refractivity contribution < 1.29 is 14.1 Å². The second-order valence-corrected chi connectivity index (χ2v) is 8.06. The van der Waals surface area contributed by atoms with E-state index in [-0.39, 0.29) is 11.8 Å². The van der Waals surface area contributed by atoms with Gasteiger partial charge in [-0.2, -0.15) is 0 Å². The summed E-state index contributed by atoms with van der Waals surface area (Å²) in [6, 6.07) is 8.80. The highest BCUT2D eigenvalue weighted by Crippen LogP contribution is 2.24. The number of hydrogen-bond acceptors (Lipinski definition) is 6. The lowest BCUT2D eigenvalue weighted by molar-refractivity contribution is 0.0628. The minimum atomic E-state index is -0.264. The maximum absolute atomic E-state index is 13.3. The number of para-hydroxylation sites is 1. The van der Waals surface area contributed by atoms with Gasteiger partial charge in [-0.15, -0.1) is 0 Å². The van der Waals surface area contributed by atoms with Crippen LogP contribution in [0.2, 0.25) is 0 Å². The van der Waals surface area contributed by atoms with Gasteiger partial charge >= 0.3 is 0 Å². The van der Waals surface area contributed by atoms with E-state index in [9.17, 15) is 9.59 Å². The summed E-state index contributed by atoms with van der Waals surface area (Å²) >= 11 is 0. The molecule has 2 amide bonds. The summed E-state index contributed by atoms with van der Waals surface area (Å²) in [5.41, 5.74) is 4.42. The normalized spacial score (nSPS) is 14.4. The molecule has 1 aliphatic rings. The van der Waals surface area contributed by atoms with Crippen molar-refractivity contribution in [2.24, 2.45) is 0 Å². The van der Waals surface area contributed by atoms with Crippen LogP contribution in [-0.2, 0) is 6.54 Å². The molecule has 166 valence electrons. The average Bonchev–Trinajstić information content (AvgIpc) is 3.13. The molecule has 0 radical (unpaired) electrons. The molecule has 0 unspecified atom stereocenters. The zero-order valence-corrected chi connectivity index (χ0v) is 18.6. The number of aromatic nitrogens is 2. The van der Waals surface area contributed by atoms with E-state index in [0.29, 0.717) is 29.9 Å². The predicted molar refractivity (Wildman–Crippen MR) is 121 cm³/mol. The second-order valence-electron chi connectivity index (χ2n) is 8.06. The zero-order chi connectivity index (χ0) is 22.7. The third kappa shape index (κ3) is 4.55. The highest BCUT2D eigenvalue weighted by atomic mass is 16.5. The molecule has 3 heterocycles. The van der Waals surface area contributed by atoms with Crippen molar-refractivity contribution in [1.29, 1.82) is 0 Å². The van der Waals surface area contributed by atoms with Crippen molar-refractivity contribution in [3.63, 3.8) is 0 Å². The van der Waals surface area contributed by atoms with Crippen LogP contribution in [0.5, 0.6) is 0 Å². The van der Waals surface area contributed by atoms with Crippen LogP contribution in [0.25, 0.3) is 0 Å². The van der Waals surface area contributed by atoms with Gasteiger partial charge in [-0.25, -0.2) is 0 Å². The Morgan fingerprint density at radius 1 is 1.03 bits per heavy atom. The Morgan fingerprint density at radius 3 is 2.41 bits per heavy atom. The van der Waals surface area contributed by atoms with Crippen LogP contribution in [-0.4, -0.2) is 57.9 Å². The van der Waals surface area contributed by atoms with Crippen molar-refractivity contribution >= 4 is 17.5 Å². The minimum Gasteiger partial charge on any atom is -0.361 e. The smallest absolute Gasteiger partial charge is 0.256 e. The Labute approximate surface area is 187 Å². The van der Waals surface area contributed by atoms with E-state index in [1.54, 1.807) is 30.6 Å². The predicted octanol–water partition coefficient (Wildman–Crippen LogP) is 3.21. The largest absolute Gasteiger partial charge is 0.361 e. The number of pyridine rings is 1. The Bertz CT molecular complexity index is 1100. The summed E-state index contributed by atoms with van der Waals surface area (Å²) in [5.74, 6) is 0.506. The second kappa shape index (κ2) is 9.32. The third-order valence-electron chi connectivity index (χ3n) is 5.91. The molecule has 1 fully saturated rings. The van der Waals surface area contributed by atoms with Gasteiger partial charge in [0.2, 0.25) is 0 Å². The van der Waals surface area contributed by atoms with Crippen molar-refractivity contribution in [1.82, 2.24) is 19.9 Å². The maximum Gasteiger partial charge on any atom is 0.256 e. The molecule has 0 bridgehead atoms.